The Morgan fingerprint density at radius 3 is 3.00 bits per heavy atom. The number of aliphatic hydroxyl groups is 1. The number of hydrogen-bond donors (Lipinski definition) is 1. The van der Waals surface area contributed by atoms with Gasteiger partial charge >= 0.3 is 0 Å². The molecular formula is C13H21NOS. The molecule has 16 heavy (non-hydrogen) atoms. The molecular weight excluding hydrogens is 218 g/mol. The fourth-order valence-corrected chi connectivity index (χ4v) is 3.61. The zero-order valence-corrected chi connectivity index (χ0v) is 11.0. The summed E-state index contributed by atoms with van der Waals surface area (Å²) in [6, 6.07) is 0. The van der Waals surface area contributed by atoms with E-state index in [4.69, 9.17) is 0 Å². The van der Waals surface area contributed by atoms with Crippen molar-refractivity contribution in [2.75, 3.05) is 6.61 Å². The highest BCUT2D eigenvalue weighted by molar-refractivity contribution is 7.09. The summed E-state index contributed by atoms with van der Waals surface area (Å²) in [5.41, 5.74) is 2.00. The Kier molecular flexibility index (Phi) is 3.65. The van der Waals surface area contributed by atoms with Gasteiger partial charge in [-0.05, 0) is 30.1 Å². The molecule has 0 bridgehead atoms. The van der Waals surface area contributed by atoms with E-state index in [9.17, 15) is 5.11 Å². The third-order valence-corrected chi connectivity index (χ3v) is 5.32. The first-order chi connectivity index (χ1) is 7.66. The molecule has 1 heterocycles. The fourth-order valence-electron chi connectivity index (χ4n) is 2.94. The van der Waals surface area contributed by atoms with Crippen LogP contribution in [0.3, 0.4) is 0 Å². The Bertz CT molecular complexity index is 325. The van der Waals surface area contributed by atoms with Gasteiger partial charge in [-0.1, -0.05) is 26.7 Å². The second-order valence-corrected chi connectivity index (χ2v) is 6.34. The molecule has 0 radical (unpaired) electrons. The molecule has 2 rings (SSSR count). The molecule has 0 spiro atoms. The van der Waals surface area contributed by atoms with Crippen LogP contribution in [-0.4, -0.2) is 16.7 Å². The van der Waals surface area contributed by atoms with Crippen LogP contribution >= 0.6 is 11.3 Å². The average Bonchev–Trinajstić information content (AvgIpc) is 2.78. The molecule has 3 atom stereocenters. The van der Waals surface area contributed by atoms with Gasteiger partial charge in [0.2, 0.25) is 0 Å². The van der Waals surface area contributed by atoms with E-state index in [-0.39, 0.29) is 5.41 Å². The van der Waals surface area contributed by atoms with E-state index in [1.807, 2.05) is 11.7 Å². The maximum Gasteiger partial charge on any atom is 0.0794 e. The fraction of sp³-hybridized carbons (Fsp3) is 0.769. The standard InChI is InChI=1S/C13H21NOS/c1-10-4-3-5-11(13(10,2)8-15)6-12-7-14-9-16-12/h7,9-11,15H,3-6,8H2,1-2H3/t10-,11+,13+/m0/s1. The molecule has 1 fully saturated rings. The van der Waals surface area contributed by atoms with Crippen molar-refractivity contribution >= 4 is 11.3 Å². The lowest BCUT2D eigenvalue weighted by Crippen LogP contribution is -2.41. The third kappa shape index (κ3) is 2.16. The Morgan fingerprint density at radius 1 is 1.56 bits per heavy atom. The molecule has 1 aromatic rings. The van der Waals surface area contributed by atoms with Crippen LogP contribution in [0.5, 0.6) is 0 Å². The van der Waals surface area contributed by atoms with Crippen LogP contribution in [0, 0.1) is 17.3 Å². The van der Waals surface area contributed by atoms with Crippen molar-refractivity contribution in [3.8, 4) is 0 Å². The monoisotopic (exact) mass is 239 g/mol. The minimum Gasteiger partial charge on any atom is -0.396 e. The van der Waals surface area contributed by atoms with Gasteiger partial charge in [-0.25, -0.2) is 0 Å². The van der Waals surface area contributed by atoms with Crippen molar-refractivity contribution in [1.29, 1.82) is 0 Å². The summed E-state index contributed by atoms with van der Waals surface area (Å²) in [7, 11) is 0. The van der Waals surface area contributed by atoms with E-state index in [0.29, 0.717) is 18.4 Å². The van der Waals surface area contributed by atoms with Gasteiger partial charge in [-0.2, -0.15) is 0 Å². The molecule has 1 saturated carbocycles. The first-order valence-electron chi connectivity index (χ1n) is 6.15. The van der Waals surface area contributed by atoms with Crippen LogP contribution in [0.1, 0.15) is 38.0 Å². The highest BCUT2D eigenvalue weighted by atomic mass is 32.1. The van der Waals surface area contributed by atoms with Crippen LogP contribution < -0.4 is 0 Å². The average molecular weight is 239 g/mol. The SMILES string of the molecule is C[C@H]1CCC[C@H](Cc2cncs2)[C@]1(C)CO. The van der Waals surface area contributed by atoms with Gasteiger partial charge in [0, 0.05) is 17.7 Å². The number of aromatic nitrogens is 1. The van der Waals surface area contributed by atoms with Crippen LogP contribution in [0.2, 0.25) is 0 Å². The number of thiazole rings is 1. The molecule has 1 aliphatic carbocycles. The molecule has 0 aromatic carbocycles. The minimum atomic E-state index is 0.0994. The van der Waals surface area contributed by atoms with E-state index >= 15 is 0 Å². The number of rotatable bonds is 3. The molecule has 2 nitrogen and oxygen atoms in total. The Labute approximate surface area is 102 Å². The Hall–Kier alpha value is -0.410. The van der Waals surface area contributed by atoms with Gasteiger partial charge in [0.1, 0.15) is 0 Å². The van der Waals surface area contributed by atoms with Gasteiger partial charge < -0.3 is 5.11 Å². The van der Waals surface area contributed by atoms with E-state index in [1.54, 1.807) is 11.3 Å². The van der Waals surface area contributed by atoms with Crippen molar-refractivity contribution in [1.82, 2.24) is 4.98 Å². The van der Waals surface area contributed by atoms with Crippen LogP contribution in [0.25, 0.3) is 0 Å². The second-order valence-electron chi connectivity index (χ2n) is 5.36. The predicted molar refractivity (Wildman–Crippen MR) is 67.5 cm³/mol. The lowest BCUT2D eigenvalue weighted by molar-refractivity contribution is -0.00628. The summed E-state index contributed by atoms with van der Waals surface area (Å²) in [6.45, 7) is 4.86. The highest BCUT2D eigenvalue weighted by Gasteiger charge is 2.41. The van der Waals surface area contributed by atoms with Crippen LogP contribution in [0.15, 0.2) is 11.7 Å². The predicted octanol–water partition coefficient (Wildman–Crippen LogP) is 3.12. The van der Waals surface area contributed by atoms with Crippen LogP contribution in [-0.2, 0) is 6.42 Å². The number of hydrogen-bond acceptors (Lipinski definition) is 3. The van der Waals surface area contributed by atoms with E-state index in [2.05, 4.69) is 18.8 Å². The van der Waals surface area contributed by atoms with Crippen molar-refractivity contribution in [3.63, 3.8) is 0 Å². The summed E-state index contributed by atoms with van der Waals surface area (Å²) in [6.07, 6.45) is 6.88. The van der Waals surface area contributed by atoms with E-state index in [0.717, 1.165) is 6.42 Å². The molecule has 0 amide bonds. The Morgan fingerprint density at radius 2 is 2.38 bits per heavy atom. The highest BCUT2D eigenvalue weighted by Crippen LogP contribution is 2.46. The zero-order valence-electron chi connectivity index (χ0n) is 10.1. The summed E-state index contributed by atoms with van der Waals surface area (Å²) >= 11 is 1.74. The Balaban J connectivity index is 2.12. The number of nitrogens with zero attached hydrogens (tertiary/aromatic N) is 1. The summed E-state index contributed by atoms with van der Waals surface area (Å²) in [5, 5.41) is 9.71. The van der Waals surface area contributed by atoms with Gasteiger partial charge in [-0.15, -0.1) is 11.3 Å². The lowest BCUT2D eigenvalue weighted by atomic mass is 9.61. The molecule has 0 unspecified atom stereocenters. The molecule has 0 aliphatic heterocycles. The topological polar surface area (TPSA) is 33.1 Å². The van der Waals surface area contributed by atoms with Crippen molar-refractivity contribution in [2.45, 2.75) is 39.5 Å². The van der Waals surface area contributed by atoms with Gasteiger partial charge in [-0.3, -0.25) is 4.98 Å². The summed E-state index contributed by atoms with van der Waals surface area (Å²) < 4.78 is 0. The zero-order chi connectivity index (χ0) is 11.6. The van der Waals surface area contributed by atoms with Gasteiger partial charge in [0.25, 0.3) is 0 Å². The summed E-state index contributed by atoms with van der Waals surface area (Å²) in [5.74, 6) is 1.24. The van der Waals surface area contributed by atoms with E-state index in [1.165, 1.54) is 24.1 Å². The quantitative estimate of drug-likeness (QED) is 0.879. The smallest absolute Gasteiger partial charge is 0.0794 e. The molecule has 1 aromatic heterocycles. The van der Waals surface area contributed by atoms with Crippen LogP contribution in [0.4, 0.5) is 0 Å². The molecule has 1 N–H and O–H groups in total. The normalized spacial score (nSPS) is 35.2. The minimum absolute atomic E-state index is 0.0994. The largest absolute Gasteiger partial charge is 0.396 e. The molecule has 90 valence electrons. The van der Waals surface area contributed by atoms with Crippen molar-refractivity contribution < 1.29 is 5.11 Å². The maximum absolute atomic E-state index is 9.71. The van der Waals surface area contributed by atoms with Crippen molar-refractivity contribution in [3.05, 3.63) is 16.6 Å². The first kappa shape index (κ1) is 12.1. The summed E-state index contributed by atoms with van der Waals surface area (Å²) in [4.78, 5) is 5.50. The second kappa shape index (κ2) is 4.84. The third-order valence-electron chi connectivity index (χ3n) is 4.52. The van der Waals surface area contributed by atoms with E-state index < -0.39 is 0 Å². The lowest BCUT2D eigenvalue weighted by Gasteiger charge is -2.45. The van der Waals surface area contributed by atoms with Gasteiger partial charge in [0.15, 0.2) is 0 Å². The van der Waals surface area contributed by atoms with Crippen molar-refractivity contribution in [2.24, 2.45) is 17.3 Å². The molecule has 3 heteroatoms. The number of aliphatic hydroxyl groups excluding tert-OH is 1. The molecule has 1 aliphatic rings. The maximum atomic E-state index is 9.71. The van der Waals surface area contributed by atoms with Gasteiger partial charge in [0.05, 0.1) is 5.51 Å². The first-order valence-corrected chi connectivity index (χ1v) is 7.03. The molecule has 0 saturated heterocycles.